The molecule has 2 aromatic rings. The number of allylic oxidation sites excluding steroid dienone is 1. The van der Waals surface area contributed by atoms with Gasteiger partial charge in [0.1, 0.15) is 12.4 Å². The second-order valence-electron chi connectivity index (χ2n) is 5.85. The van der Waals surface area contributed by atoms with E-state index < -0.39 is 5.97 Å². The second-order valence-corrected chi connectivity index (χ2v) is 5.85. The van der Waals surface area contributed by atoms with Gasteiger partial charge in [0.15, 0.2) is 0 Å². The van der Waals surface area contributed by atoms with Gasteiger partial charge in [0.25, 0.3) is 5.91 Å². The van der Waals surface area contributed by atoms with E-state index in [1.807, 2.05) is 54.6 Å². The molecule has 5 heteroatoms. The third kappa shape index (κ3) is 3.83. The molecule has 0 radical (unpaired) electrons. The molecule has 1 aliphatic rings. The van der Waals surface area contributed by atoms with Crippen LogP contribution in [0.25, 0.3) is 6.08 Å². The molecule has 5 nitrogen and oxygen atoms in total. The molecule has 1 aliphatic heterocycles. The van der Waals surface area contributed by atoms with E-state index in [0.717, 1.165) is 16.9 Å². The molecule has 1 amide bonds. The highest BCUT2D eigenvalue weighted by molar-refractivity contribution is 6.16. The van der Waals surface area contributed by atoms with Crippen LogP contribution in [0.5, 0.6) is 5.75 Å². The van der Waals surface area contributed by atoms with Crippen molar-refractivity contribution in [2.75, 3.05) is 7.11 Å². The zero-order chi connectivity index (χ0) is 18.5. The summed E-state index contributed by atoms with van der Waals surface area (Å²) in [5.41, 5.74) is 2.94. The van der Waals surface area contributed by atoms with Crippen molar-refractivity contribution < 1.29 is 19.1 Å². The molecule has 0 unspecified atom stereocenters. The predicted octanol–water partition coefficient (Wildman–Crippen LogP) is 3.23. The molecule has 0 saturated carbocycles. The van der Waals surface area contributed by atoms with Crippen LogP contribution >= 0.6 is 0 Å². The van der Waals surface area contributed by atoms with Crippen molar-refractivity contribution in [3.63, 3.8) is 0 Å². The maximum atomic E-state index is 12.1. The molecule has 0 saturated heterocycles. The smallest absolute Gasteiger partial charge is 0.340 e. The van der Waals surface area contributed by atoms with Crippen LogP contribution in [-0.2, 0) is 20.9 Å². The van der Waals surface area contributed by atoms with Crippen molar-refractivity contribution in [1.82, 2.24) is 5.32 Å². The Kier molecular flexibility index (Phi) is 5.17. The molecule has 0 fully saturated rings. The Bertz CT molecular complexity index is 880. The van der Waals surface area contributed by atoms with E-state index in [1.54, 1.807) is 13.0 Å². The number of hydrogen-bond acceptors (Lipinski definition) is 4. The molecule has 3 rings (SSSR count). The number of amides is 1. The fraction of sp³-hybridized carbons (Fsp3) is 0.143. The van der Waals surface area contributed by atoms with E-state index in [1.165, 1.54) is 7.11 Å². The van der Waals surface area contributed by atoms with Gasteiger partial charge >= 0.3 is 5.97 Å². The molecule has 0 aromatic heterocycles. The largest absolute Gasteiger partial charge is 0.489 e. The molecule has 0 bridgehead atoms. The minimum Gasteiger partial charge on any atom is -0.489 e. The van der Waals surface area contributed by atoms with E-state index in [0.29, 0.717) is 17.9 Å². The number of nitrogens with one attached hydrogen (secondary N) is 1. The first-order valence-electron chi connectivity index (χ1n) is 8.18. The number of esters is 1. The Labute approximate surface area is 151 Å². The minimum absolute atomic E-state index is 0.266. The summed E-state index contributed by atoms with van der Waals surface area (Å²) in [5.74, 6) is -0.117. The minimum atomic E-state index is -0.532. The molecule has 0 atom stereocenters. The molecule has 1 N–H and O–H groups in total. The highest BCUT2D eigenvalue weighted by atomic mass is 16.5. The lowest BCUT2D eigenvalue weighted by Crippen LogP contribution is -2.15. The Balaban J connectivity index is 1.75. The van der Waals surface area contributed by atoms with Crippen molar-refractivity contribution in [2.45, 2.75) is 13.5 Å². The summed E-state index contributed by atoms with van der Waals surface area (Å²) in [7, 11) is 1.29. The number of carbonyl (C=O) groups is 2. The van der Waals surface area contributed by atoms with Gasteiger partial charge in [-0.3, -0.25) is 4.79 Å². The maximum absolute atomic E-state index is 12.1. The molecule has 1 heterocycles. The van der Waals surface area contributed by atoms with E-state index in [-0.39, 0.29) is 11.5 Å². The van der Waals surface area contributed by atoms with Gasteiger partial charge < -0.3 is 14.8 Å². The van der Waals surface area contributed by atoms with Crippen LogP contribution in [0, 0.1) is 0 Å². The van der Waals surface area contributed by atoms with Crippen LogP contribution in [0.3, 0.4) is 0 Å². The first-order valence-corrected chi connectivity index (χ1v) is 8.18. The summed E-state index contributed by atoms with van der Waals surface area (Å²) in [6.45, 7) is 2.16. The second kappa shape index (κ2) is 7.70. The quantitative estimate of drug-likeness (QED) is 0.665. The summed E-state index contributed by atoms with van der Waals surface area (Å²) < 4.78 is 10.5. The van der Waals surface area contributed by atoms with Gasteiger partial charge in [-0.1, -0.05) is 42.5 Å². The third-order valence-corrected chi connectivity index (χ3v) is 4.02. The molecule has 0 spiro atoms. The number of rotatable bonds is 5. The van der Waals surface area contributed by atoms with E-state index in [2.05, 4.69) is 5.32 Å². The lowest BCUT2D eigenvalue weighted by molar-refractivity contribution is -0.136. The molecule has 26 heavy (non-hydrogen) atoms. The number of methoxy groups -OCH3 is 1. The SMILES string of the molecule is COC(=O)C1=C(C)NC(=O)/C1=C\c1ccc(OCc2ccccc2)cc1. The highest BCUT2D eigenvalue weighted by Crippen LogP contribution is 2.25. The number of carbonyl (C=O) groups excluding carboxylic acids is 2. The Hall–Kier alpha value is -3.34. The van der Waals surface area contributed by atoms with Crippen LogP contribution in [0.15, 0.2) is 71.4 Å². The average molecular weight is 349 g/mol. The lowest BCUT2D eigenvalue weighted by Gasteiger charge is -2.07. The molecule has 0 aliphatic carbocycles. The molecule has 2 aromatic carbocycles. The van der Waals surface area contributed by atoms with Crippen molar-refractivity contribution in [3.8, 4) is 5.75 Å². The number of ether oxygens (including phenoxy) is 2. The van der Waals surface area contributed by atoms with Gasteiger partial charge in [-0.25, -0.2) is 4.79 Å². The number of benzene rings is 2. The van der Waals surface area contributed by atoms with Crippen molar-refractivity contribution in [3.05, 3.63) is 82.6 Å². The first-order chi connectivity index (χ1) is 12.6. The maximum Gasteiger partial charge on any atom is 0.340 e. The first kappa shape index (κ1) is 17.5. The fourth-order valence-corrected chi connectivity index (χ4v) is 2.69. The summed E-state index contributed by atoms with van der Waals surface area (Å²) in [6.07, 6.45) is 1.67. The molecular weight excluding hydrogens is 330 g/mol. The van der Waals surface area contributed by atoms with Crippen LogP contribution in [-0.4, -0.2) is 19.0 Å². The van der Waals surface area contributed by atoms with E-state index in [4.69, 9.17) is 9.47 Å². The highest BCUT2D eigenvalue weighted by Gasteiger charge is 2.30. The summed E-state index contributed by atoms with van der Waals surface area (Å²) in [6, 6.07) is 17.2. The lowest BCUT2D eigenvalue weighted by atomic mass is 10.0. The molecular formula is C21H19NO4. The summed E-state index contributed by atoms with van der Waals surface area (Å²) in [4.78, 5) is 24.0. The van der Waals surface area contributed by atoms with Crippen molar-refractivity contribution in [2.24, 2.45) is 0 Å². The predicted molar refractivity (Wildman–Crippen MR) is 98.1 cm³/mol. The Morgan fingerprint density at radius 1 is 1.08 bits per heavy atom. The zero-order valence-corrected chi connectivity index (χ0v) is 14.6. The standard InChI is InChI=1S/C21H19NO4/c1-14-19(21(24)25-2)18(20(23)22-14)12-15-8-10-17(11-9-15)26-13-16-6-4-3-5-7-16/h3-12H,13H2,1-2H3,(H,22,23)/b18-12-. The molecule has 132 valence electrons. The zero-order valence-electron chi connectivity index (χ0n) is 14.6. The van der Waals surface area contributed by atoms with E-state index >= 15 is 0 Å². The fourth-order valence-electron chi connectivity index (χ4n) is 2.69. The summed E-state index contributed by atoms with van der Waals surface area (Å²) in [5, 5.41) is 2.65. The van der Waals surface area contributed by atoms with Crippen LogP contribution in [0.4, 0.5) is 0 Å². The Morgan fingerprint density at radius 2 is 1.77 bits per heavy atom. The average Bonchev–Trinajstić information content (AvgIpc) is 2.94. The van der Waals surface area contributed by atoms with Crippen LogP contribution in [0.2, 0.25) is 0 Å². The van der Waals surface area contributed by atoms with Gasteiger partial charge in [0.05, 0.1) is 18.3 Å². The van der Waals surface area contributed by atoms with Crippen molar-refractivity contribution in [1.29, 1.82) is 0 Å². The van der Waals surface area contributed by atoms with Crippen LogP contribution < -0.4 is 10.1 Å². The normalized spacial score (nSPS) is 15.2. The van der Waals surface area contributed by atoms with Gasteiger partial charge in [0, 0.05) is 5.70 Å². The van der Waals surface area contributed by atoms with Gasteiger partial charge in [-0.15, -0.1) is 0 Å². The monoisotopic (exact) mass is 349 g/mol. The van der Waals surface area contributed by atoms with Crippen molar-refractivity contribution >= 4 is 18.0 Å². The Morgan fingerprint density at radius 3 is 2.42 bits per heavy atom. The van der Waals surface area contributed by atoms with Gasteiger partial charge in [-0.05, 0) is 36.3 Å². The van der Waals surface area contributed by atoms with Gasteiger partial charge in [0.2, 0.25) is 0 Å². The number of hydrogen-bond donors (Lipinski definition) is 1. The van der Waals surface area contributed by atoms with E-state index in [9.17, 15) is 9.59 Å². The summed E-state index contributed by atoms with van der Waals surface area (Å²) >= 11 is 0. The van der Waals surface area contributed by atoms with Gasteiger partial charge in [-0.2, -0.15) is 0 Å². The third-order valence-electron chi connectivity index (χ3n) is 4.02. The van der Waals surface area contributed by atoms with Crippen LogP contribution in [0.1, 0.15) is 18.1 Å². The topological polar surface area (TPSA) is 64.6 Å².